The van der Waals surface area contributed by atoms with Gasteiger partial charge in [0, 0.05) is 11.7 Å². The van der Waals surface area contributed by atoms with Gasteiger partial charge in [0.25, 0.3) is 9.84 Å². The molecule has 0 bridgehead atoms. The molecule has 2 atom stereocenters. The van der Waals surface area contributed by atoms with Crippen LogP contribution in [0.1, 0.15) is 12.8 Å². The zero-order valence-electron chi connectivity index (χ0n) is 10.7. The second kappa shape index (κ2) is 5.30. The van der Waals surface area contributed by atoms with E-state index >= 15 is 0 Å². The van der Waals surface area contributed by atoms with Crippen molar-refractivity contribution in [3.8, 4) is 0 Å². The van der Waals surface area contributed by atoms with Gasteiger partial charge in [-0.2, -0.15) is 13.2 Å². The van der Waals surface area contributed by atoms with Crippen LogP contribution < -0.4 is 11.1 Å². The first-order valence-corrected chi connectivity index (χ1v) is 7.59. The van der Waals surface area contributed by atoms with Gasteiger partial charge in [0.05, 0.1) is 10.8 Å². The average molecular weight is 322 g/mol. The normalized spacial score (nSPS) is 22.5. The second-order valence-electron chi connectivity index (χ2n) is 4.81. The van der Waals surface area contributed by atoms with Crippen molar-refractivity contribution >= 4 is 21.4 Å². The van der Waals surface area contributed by atoms with E-state index in [0.29, 0.717) is 12.8 Å². The summed E-state index contributed by atoms with van der Waals surface area (Å²) in [4.78, 5) is 10.9. The Hall–Kier alpha value is -1.61. The van der Waals surface area contributed by atoms with Gasteiger partial charge in [-0.3, -0.25) is 4.79 Å². The molecule has 9 heteroatoms. The minimum atomic E-state index is -5.43. The van der Waals surface area contributed by atoms with Gasteiger partial charge in [0.2, 0.25) is 5.91 Å². The summed E-state index contributed by atoms with van der Waals surface area (Å²) in [6.07, 6.45) is 1.31. The third kappa shape index (κ3) is 3.03. The van der Waals surface area contributed by atoms with E-state index in [1.54, 1.807) is 0 Å². The second-order valence-corrected chi connectivity index (χ2v) is 6.76. The first-order chi connectivity index (χ1) is 9.63. The summed E-state index contributed by atoms with van der Waals surface area (Å²) in [6.45, 7) is 0. The number of amides is 1. The van der Waals surface area contributed by atoms with Crippen molar-refractivity contribution in [2.75, 3.05) is 5.32 Å². The fourth-order valence-corrected chi connectivity index (χ4v) is 2.77. The highest BCUT2D eigenvalue weighted by molar-refractivity contribution is 7.92. The summed E-state index contributed by atoms with van der Waals surface area (Å²) in [5.74, 6) is -0.816. The van der Waals surface area contributed by atoms with Crippen LogP contribution in [0.4, 0.5) is 18.9 Å². The van der Waals surface area contributed by atoms with Gasteiger partial charge in [-0.25, -0.2) is 8.42 Å². The van der Waals surface area contributed by atoms with Crippen LogP contribution in [0.25, 0.3) is 0 Å². The van der Waals surface area contributed by atoms with E-state index in [1.807, 2.05) is 0 Å². The van der Waals surface area contributed by atoms with Crippen LogP contribution >= 0.6 is 0 Å². The van der Waals surface area contributed by atoms with E-state index in [1.165, 1.54) is 6.07 Å². The topological polar surface area (TPSA) is 89.3 Å². The molecule has 1 unspecified atom stereocenters. The van der Waals surface area contributed by atoms with E-state index in [4.69, 9.17) is 5.73 Å². The Labute approximate surface area is 119 Å². The molecule has 0 aromatic heterocycles. The summed E-state index contributed by atoms with van der Waals surface area (Å²) in [6, 6.07) is 3.79. The van der Waals surface area contributed by atoms with Gasteiger partial charge >= 0.3 is 5.51 Å². The molecule has 1 saturated carbocycles. The molecule has 0 saturated heterocycles. The molecule has 116 valence electrons. The molecule has 0 heterocycles. The molecular weight excluding hydrogens is 309 g/mol. The minimum absolute atomic E-state index is 0.00979. The number of sulfone groups is 1. The van der Waals surface area contributed by atoms with Gasteiger partial charge in [-0.15, -0.1) is 0 Å². The lowest BCUT2D eigenvalue weighted by Crippen LogP contribution is -2.46. The fourth-order valence-electron chi connectivity index (χ4n) is 1.96. The largest absolute Gasteiger partial charge is 0.501 e. The molecule has 0 aliphatic heterocycles. The fraction of sp³-hybridized carbons (Fsp3) is 0.417. The number of hydrogen-bond donors (Lipinski definition) is 2. The Morgan fingerprint density at radius 2 is 1.95 bits per heavy atom. The van der Waals surface area contributed by atoms with Crippen molar-refractivity contribution in [2.45, 2.75) is 29.3 Å². The van der Waals surface area contributed by atoms with Crippen molar-refractivity contribution in [1.82, 2.24) is 0 Å². The first kappa shape index (κ1) is 15.8. The maximum atomic E-state index is 12.5. The number of alkyl halides is 3. The number of rotatable bonds is 3. The molecule has 0 spiro atoms. The van der Waals surface area contributed by atoms with Gasteiger partial charge in [0.15, 0.2) is 0 Å². The first-order valence-electron chi connectivity index (χ1n) is 6.11. The van der Waals surface area contributed by atoms with Crippen LogP contribution in [0.3, 0.4) is 0 Å². The van der Waals surface area contributed by atoms with Crippen LogP contribution in [0.2, 0.25) is 0 Å². The number of carbonyl (C=O) groups excluding carboxylic acids is 1. The molecule has 21 heavy (non-hydrogen) atoms. The monoisotopic (exact) mass is 322 g/mol. The Balaban J connectivity index is 2.21. The number of nitrogens with two attached hydrogens (primary N) is 1. The van der Waals surface area contributed by atoms with Gasteiger partial charge in [0.1, 0.15) is 0 Å². The number of benzene rings is 1. The third-order valence-corrected chi connectivity index (χ3v) is 4.87. The Kier molecular flexibility index (Phi) is 3.98. The third-order valence-electron chi connectivity index (χ3n) is 3.38. The molecule has 2 rings (SSSR count). The molecule has 0 radical (unpaired) electrons. The van der Waals surface area contributed by atoms with E-state index in [0.717, 1.165) is 18.2 Å². The predicted octanol–water partition coefficient (Wildman–Crippen LogP) is 1.66. The number of anilines is 1. The van der Waals surface area contributed by atoms with Crippen LogP contribution in [0.15, 0.2) is 29.2 Å². The van der Waals surface area contributed by atoms with Crippen molar-refractivity contribution < 1.29 is 26.4 Å². The lowest BCUT2D eigenvalue weighted by molar-refractivity contribution is -0.122. The molecule has 1 aromatic rings. The van der Waals surface area contributed by atoms with Gasteiger partial charge in [-0.05, 0) is 31.0 Å². The number of nitrogens with one attached hydrogen (secondary N) is 1. The zero-order valence-corrected chi connectivity index (χ0v) is 11.5. The van der Waals surface area contributed by atoms with Crippen LogP contribution in [-0.4, -0.2) is 25.9 Å². The molecule has 1 aliphatic carbocycles. The van der Waals surface area contributed by atoms with E-state index in [-0.39, 0.29) is 11.7 Å². The SMILES string of the molecule is NC1CC[C@@H]1C(=O)Nc1cccc(S(=O)(=O)C(F)(F)F)c1. The number of hydrogen-bond acceptors (Lipinski definition) is 4. The highest BCUT2D eigenvalue weighted by atomic mass is 32.2. The predicted molar refractivity (Wildman–Crippen MR) is 69.0 cm³/mol. The Bertz CT molecular complexity index is 658. The smallest absolute Gasteiger partial charge is 0.327 e. The summed E-state index contributed by atoms with van der Waals surface area (Å²) < 4.78 is 60.0. The van der Waals surface area contributed by atoms with Crippen molar-refractivity contribution in [1.29, 1.82) is 0 Å². The molecule has 5 nitrogen and oxygen atoms in total. The average Bonchev–Trinajstić information content (AvgIpc) is 2.35. The van der Waals surface area contributed by atoms with E-state index < -0.39 is 32.1 Å². The summed E-state index contributed by atoms with van der Waals surface area (Å²) >= 11 is 0. The maximum absolute atomic E-state index is 12.5. The van der Waals surface area contributed by atoms with Crippen LogP contribution in [-0.2, 0) is 14.6 Å². The minimum Gasteiger partial charge on any atom is -0.327 e. The molecule has 3 N–H and O–H groups in total. The zero-order chi connectivity index (χ0) is 15.8. The molecule has 1 aliphatic rings. The summed E-state index contributed by atoms with van der Waals surface area (Å²) in [5.41, 5.74) is 0.235. The maximum Gasteiger partial charge on any atom is 0.501 e. The van der Waals surface area contributed by atoms with Crippen LogP contribution in [0, 0.1) is 5.92 Å². The van der Waals surface area contributed by atoms with Crippen molar-refractivity contribution in [3.05, 3.63) is 24.3 Å². The molecule has 1 aromatic carbocycles. The number of halogens is 3. The van der Waals surface area contributed by atoms with E-state index in [2.05, 4.69) is 5.32 Å². The van der Waals surface area contributed by atoms with E-state index in [9.17, 15) is 26.4 Å². The highest BCUT2D eigenvalue weighted by Gasteiger charge is 2.47. The lowest BCUT2D eigenvalue weighted by Gasteiger charge is -2.32. The van der Waals surface area contributed by atoms with Gasteiger partial charge < -0.3 is 11.1 Å². The Morgan fingerprint density at radius 3 is 2.43 bits per heavy atom. The Morgan fingerprint density at radius 1 is 1.29 bits per heavy atom. The van der Waals surface area contributed by atoms with Gasteiger partial charge in [-0.1, -0.05) is 6.07 Å². The number of carbonyl (C=O) groups is 1. The highest BCUT2D eigenvalue weighted by Crippen LogP contribution is 2.32. The lowest BCUT2D eigenvalue weighted by atomic mass is 9.79. The van der Waals surface area contributed by atoms with Crippen LogP contribution in [0.5, 0.6) is 0 Å². The quantitative estimate of drug-likeness (QED) is 0.885. The van der Waals surface area contributed by atoms with Crippen molar-refractivity contribution in [2.24, 2.45) is 11.7 Å². The standard InChI is InChI=1S/C12H13F3N2O3S/c13-12(14,15)21(19,20)8-3-1-2-7(6-8)17-11(18)9-4-5-10(9)16/h1-3,6,9-10H,4-5,16H2,(H,17,18)/t9-,10?/m0/s1. The molecule has 1 amide bonds. The van der Waals surface area contributed by atoms with Crippen molar-refractivity contribution in [3.63, 3.8) is 0 Å². The summed E-state index contributed by atoms with van der Waals surface area (Å²) in [5, 5.41) is 2.39. The summed E-state index contributed by atoms with van der Waals surface area (Å²) in [7, 11) is -5.43. The molecular formula is C12H13F3N2O3S. The molecule has 1 fully saturated rings.